The molecule has 3 rings (SSSR count). The van der Waals surface area contributed by atoms with Crippen LogP contribution in [-0.4, -0.2) is 57.9 Å². The highest BCUT2D eigenvalue weighted by Gasteiger charge is 2.23. The van der Waals surface area contributed by atoms with Gasteiger partial charge in [-0.05, 0) is 31.6 Å². The van der Waals surface area contributed by atoms with E-state index >= 15 is 0 Å². The molecule has 2 aromatic heterocycles. The van der Waals surface area contributed by atoms with E-state index in [2.05, 4.69) is 19.9 Å². The molecular formula is C18H24N6O. The number of amides is 1. The van der Waals surface area contributed by atoms with Gasteiger partial charge in [0, 0.05) is 39.6 Å². The van der Waals surface area contributed by atoms with Crippen LogP contribution in [0.3, 0.4) is 0 Å². The van der Waals surface area contributed by atoms with Crippen molar-refractivity contribution in [1.29, 1.82) is 0 Å². The Morgan fingerprint density at radius 1 is 1.12 bits per heavy atom. The van der Waals surface area contributed by atoms with E-state index in [4.69, 9.17) is 0 Å². The Morgan fingerprint density at radius 3 is 2.68 bits per heavy atom. The summed E-state index contributed by atoms with van der Waals surface area (Å²) in [5.41, 5.74) is 1.44. The third-order valence-corrected chi connectivity index (χ3v) is 4.56. The molecule has 7 heteroatoms. The molecule has 1 atom stereocenters. The van der Waals surface area contributed by atoms with Gasteiger partial charge < -0.3 is 9.80 Å². The van der Waals surface area contributed by atoms with Gasteiger partial charge in [0.2, 0.25) is 0 Å². The normalized spacial score (nSPS) is 17.8. The molecule has 1 fully saturated rings. The number of carbonyl (C=O) groups excluding carboxylic acids is 1. The molecule has 0 unspecified atom stereocenters. The summed E-state index contributed by atoms with van der Waals surface area (Å²) in [7, 11) is 3.91. The summed E-state index contributed by atoms with van der Waals surface area (Å²) < 4.78 is 0. The number of rotatable bonds is 4. The van der Waals surface area contributed by atoms with E-state index in [0.717, 1.165) is 50.3 Å². The van der Waals surface area contributed by atoms with Gasteiger partial charge in [0.1, 0.15) is 11.5 Å². The minimum atomic E-state index is -0.0242. The molecule has 1 aliphatic rings. The van der Waals surface area contributed by atoms with Gasteiger partial charge in [-0.2, -0.15) is 0 Å². The lowest BCUT2D eigenvalue weighted by molar-refractivity contribution is 0.0753. The lowest BCUT2D eigenvalue weighted by Gasteiger charge is -2.20. The number of aromatic nitrogens is 4. The van der Waals surface area contributed by atoms with E-state index in [1.807, 2.05) is 36.3 Å². The maximum atomic E-state index is 12.5. The van der Waals surface area contributed by atoms with E-state index < -0.39 is 0 Å². The predicted molar refractivity (Wildman–Crippen MR) is 95.3 cm³/mol. The van der Waals surface area contributed by atoms with E-state index in [-0.39, 0.29) is 5.91 Å². The highest BCUT2D eigenvalue weighted by atomic mass is 16.2. The van der Waals surface area contributed by atoms with Crippen molar-refractivity contribution in [3.63, 3.8) is 0 Å². The summed E-state index contributed by atoms with van der Waals surface area (Å²) in [6, 6.07) is 0. The van der Waals surface area contributed by atoms with Crippen molar-refractivity contribution in [2.24, 2.45) is 5.92 Å². The van der Waals surface area contributed by atoms with Gasteiger partial charge in [-0.1, -0.05) is 0 Å². The van der Waals surface area contributed by atoms with Crippen molar-refractivity contribution < 1.29 is 4.79 Å². The summed E-state index contributed by atoms with van der Waals surface area (Å²) in [6.45, 7) is 1.53. The van der Waals surface area contributed by atoms with E-state index in [1.54, 1.807) is 12.4 Å². The van der Waals surface area contributed by atoms with Crippen molar-refractivity contribution in [3.05, 3.63) is 42.4 Å². The Bertz CT molecular complexity index is 688. The van der Waals surface area contributed by atoms with Crippen LogP contribution in [0.15, 0.2) is 31.0 Å². The highest BCUT2D eigenvalue weighted by molar-refractivity contribution is 5.91. The molecule has 7 nitrogen and oxygen atoms in total. The van der Waals surface area contributed by atoms with Crippen LogP contribution in [0.5, 0.6) is 0 Å². The first-order valence-electron chi connectivity index (χ1n) is 8.67. The fourth-order valence-corrected chi connectivity index (χ4v) is 3.12. The van der Waals surface area contributed by atoms with Crippen molar-refractivity contribution >= 4 is 11.7 Å². The number of nitrogens with zero attached hydrogens (tertiary/aromatic N) is 6. The molecular weight excluding hydrogens is 316 g/mol. The molecule has 0 bridgehead atoms. The molecule has 1 aliphatic heterocycles. The first-order valence-corrected chi connectivity index (χ1v) is 8.67. The van der Waals surface area contributed by atoms with Crippen molar-refractivity contribution in [1.82, 2.24) is 24.8 Å². The Hall–Kier alpha value is -2.57. The van der Waals surface area contributed by atoms with Gasteiger partial charge in [-0.15, -0.1) is 0 Å². The van der Waals surface area contributed by atoms with Crippen molar-refractivity contribution in [3.8, 4) is 0 Å². The van der Waals surface area contributed by atoms with Gasteiger partial charge >= 0.3 is 0 Å². The standard InChI is InChI=1S/C18H24N6O/c1-23(2)17-13-21-15(11-22-17)10-14-4-3-8-24(9-5-14)18(25)16-12-19-6-7-20-16/h6-7,11-14H,3-5,8-10H2,1-2H3/t14-/m1/s1. The van der Waals surface area contributed by atoms with Crippen LogP contribution in [-0.2, 0) is 6.42 Å². The van der Waals surface area contributed by atoms with Crippen LogP contribution in [0.1, 0.15) is 35.4 Å². The molecule has 0 aliphatic carbocycles. The van der Waals surface area contributed by atoms with Gasteiger partial charge in [0.15, 0.2) is 0 Å². The Kier molecular flexibility index (Phi) is 5.53. The SMILES string of the molecule is CN(C)c1cnc(C[C@@H]2CCCN(C(=O)c3cnccn3)CC2)cn1. The fraction of sp³-hybridized carbons (Fsp3) is 0.500. The molecule has 0 aromatic carbocycles. The Morgan fingerprint density at radius 2 is 2.00 bits per heavy atom. The fourth-order valence-electron chi connectivity index (χ4n) is 3.12. The van der Waals surface area contributed by atoms with Gasteiger partial charge in [-0.3, -0.25) is 14.8 Å². The second-order valence-corrected chi connectivity index (χ2v) is 6.64. The second kappa shape index (κ2) is 8.00. The summed E-state index contributed by atoms with van der Waals surface area (Å²) in [6.07, 6.45) is 12.3. The minimum Gasteiger partial charge on any atom is -0.361 e. The van der Waals surface area contributed by atoms with Gasteiger partial charge in [0.25, 0.3) is 5.91 Å². The molecule has 2 aromatic rings. The molecule has 25 heavy (non-hydrogen) atoms. The lowest BCUT2D eigenvalue weighted by Crippen LogP contribution is -2.32. The molecule has 132 valence electrons. The number of hydrogen-bond donors (Lipinski definition) is 0. The lowest BCUT2D eigenvalue weighted by atomic mass is 9.95. The van der Waals surface area contributed by atoms with E-state index in [0.29, 0.717) is 11.6 Å². The van der Waals surface area contributed by atoms with Gasteiger partial charge in [-0.25, -0.2) is 9.97 Å². The smallest absolute Gasteiger partial charge is 0.274 e. The molecule has 1 amide bonds. The first kappa shape index (κ1) is 17.3. The summed E-state index contributed by atoms with van der Waals surface area (Å²) in [5, 5.41) is 0. The maximum Gasteiger partial charge on any atom is 0.274 e. The molecule has 0 spiro atoms. The van der Waals surface area contributed by atoms with Crippen LogP contribution in [0, 0.1) is 5.92 Å². The van der Waals surface area contributed by atoms with Crippen LogP contribution >= 0.6 is 0 Å². The average Bonchev–Trinajstić information content (AvgIpc) is 2.88. The topological polar surface area (TPSA) is 75.1 Å². The molecule has 1 saturated heterocycles. The number of hydrogen-bond acceptors (Lipinski definition) is 6. The summed E-state index contributed by atoms with van der Waals surface area (Å²) >= 11 is 0. The zero-order chi connectivity index (χ0) is 17.6. The predicted octanol–water partition coefficient (Wildman–Crippen LogP) is 1.82. The largest absolute Gasteiger partial charge is 0.361 e. The molecule has 0 radical (unpaired) electrons. The zero-order valence-corrected chi connectivity index (χ0v) is 14.8. The molecule has 3 heterocycles. The number of anilines is 1. The quantitative estimate of drug-likeness (QED) is 0.845. The van der Waals surface area contributed by atoms with Gasteiger partial charge in [0.05, 0.1) is 24.3 Å². The van der Waals surface area contributed by atoms with Crippen LogP contribution in [0.4, 0.5) is 5.82 Å². The van der Waals surface area contributed by atoms with Crippen molar-refractivity contribution in [2.45, 2.75) is 25.7 Å². The highest BCUT2D eigenvalue weighted by Crippen LogP contribution is 2.22. The average molecular weight is 340 g/mol. The summed E-state index contributed by atoms with van der Waals surface area (Å²) in [4.78, 5) is 33.4. The van der Waals surface area contributed by atoms with E-state index in [9.17, 15) is 4.79 Å². The number of likely N-dealkylation sites (tertiary alicyclic amines) is 1. The molecule has 0 N–H and O–H groups in total. The summed E-state index contributed by atoms with van der Waals surface area (Å²) in [5.74, 6) is 1.37. The van der Waals surface area contributed by atoms with Crippen LogP contribution in [0.25, 0.3) is 0 Å². The third-order valence-electron chi connectivity index (χ3n) is 4.56. The Balaban J connectivity index is 1.57. The molecule has 0 saturated carbocycles. The van der Waals surface area contributed by atoms with Crippen LogP contribution in [0.2, 0.25) is 0 Å². The van der Waals surface area contributed by atoms with Crippen LogP contribution < -0.4 is 4.90 Å². The Labute approximate surface area is 148 Å². The third kappa shape index (κ3) is 4.49. The monoisotopic (exact) mass is 340 g/mol. The maximum absolute atomic E-state index is 12.5. The first-order chi connectivity index (χ1) is 12.1. The van der Waals surface area contributed by atoms with E-state index in [1.165, 1.54) is 6.20 Å². The minimum absolute atomic E-state index is 0.0242. The second-order valence-electron chi connectivity index (χ2n) is 6.64. The zero-order valence-electron chi connectivity index (χ0n) is 14.8. The number of carbonyl (C=O) groups is 1. The van der Waals surface area contributed by atoms with Crippen molar-refractivity contribution in [2.75, 3.05) is 32.1 Å².